The Labute approximate surface area is 273 Å². The molecule has 1 fully saturated rings. The molecule has 0 heterocycles. The van der Waals surface area contributed by atoms with Gasteiger partial charge in [-0.25, -0.2) is 9.59 Å². The lowest BCUT2D eigenvalue weighted by Gasteiger charge is -2.55. The highest BCUT2D eigenvalue weighted by molar-refractivity contribution is 5.98. The third-order valence-corrected chi connectivity index (χ3v) is 9.66. The van der Waals surface area contributed by atoms with E-state index in [9.17, 15) is 19.5 Å². The fourth-order valence-corrected chi connectivity index (χ4v) is 7.49. The van der Waals surface area contributed by atoms with Gasteiger partial charge in [0.05, 0.1) is 17.7 Å². The Hall–Kier alpha value is -3.69. The normalized spacial score (nSPS) is 24.4. The Morgan fingerprint density at radius 1 is 1.02 bits per heavy atom. The van der Waals surface area contributed by atoms with Crippen molar-refractivity contribution in [1.29, 1.82) is 0 Å². The lowest BCUT2D eigenvalue weighted by molar-refractivity contribution is -0.141. The molecule has 0 aliphatic heterocycles. The van der Waals surface area contributed by atoms with Gasteiger partial charge in [0, 0.05) is 19.2 Å². The first-order chi connectivity index (χ1) is 21.8. The van der Waals surface area contributed by atoms with E-state index in [0.717, 1.165) is 37.7 Å². The maximum atomic E-state index is 14.5. The number of amides is 3. The SMILES string of the molecule is COC1C=C(C(C)(C)C)C(O)(C(=O)[C@H](C)NC(=O)OCc2ccccc2)CC1(CCC1CCCCC1)N(C(N)=O)c1ccccc1. The minimum atomic E-state index is -2.06. The van der Waals surface area contributed by atoms with Gasteiger partial charge in [-0.3, -0.25) is 9.69 Å². The average Bonchev–Trinajstić information content (AvgIpc) is 3.03. The minimum Gasteiger partial charge on any atom is -0.445 e. The maximum Gasteiger partial charge on any atom is 0.408 e. The summed E-state index contributed by atoms with van der Waals surface area (Å²) in [5.41, 5.74) is 4.08. The van der Waals surface area contributed by atoms with Crippen LogP contribution in [0.5, 0.6) is 0 Å². The summed E-state index contributed by atoms with van der Waals surface area (Å²) in [5, 5.41) is 15.4. The molecule has 2 aliphatic rings. The number of urea groups is 1. The second-order valence-corrected chi connectivity index (χ2v) is 14.0. The Kier molecular flexibility index (Phi) is 11.3. The molecule has 0 radical (unpaired) electrons. The van der Waals surface area contributed by atoms with Crippen LogP contribution in [-0.2, 0) is 20.9 Å². The van der Waals surface area contributed by atoms with Gasteiger partial charge >= 0.3 is 12.1 Å². The van der Waals surface area contributed by atoms with Crippen LogP contribution in [0.4, 0.5) is 15.3 Å². The number of nitrogens with zero attached hydrogens (tertiary/aromatic N) is 1. The summed E-state index contributed by atoms with van der Waals surface area (Å²) >= 11 is 0. The molecule has 2 aromatic carbocycles. The molecule has 3 amide bonds. The molecule has 1 saturated carbocycles. The van der Waals surface area contributed by atoms with Crippen molar-refractivity contribution in [2.75, 3.05) is 12.0 Å². The second-order valence-electron chi connectivity index (χ2n) is 14.0. The van der Waals surface area contributed by atoms with E-state index >= 15 is 0 Å². The standard InChI is InChI=1S/C37H51N3O6/c1-26(39-34(43)46-24-28-17-11-7-12-18-28)32(41)37(44)25-36(22-21-27-15-9-6-10-16-27,31(45-5)23-30(37)35(2,3)4)40(33(38)42)29-19-13-8-14-20-29/h7-8,11-14,17-20,23,26-27,31,44H,6,9-10,15-16,21-22,24-25H2,1-5H3,(H2,38,42)(H,39,43)/t26-,31?,36?,37?/m0/s1. The van der Waals surface area contributed by atoms with E-state index in [4.69, 9.17) is 15.2 Å². The number of anilines is 1. The van der Waals surface area contributed by atoms with E-state index in [1.807, 2.05) is 75.4 Å². The molecule has 46 heavy (non-hydrogen) atoms. The number of nitrogens with one attached hydrogen (secondary N) is 1. The highest BCUT2D eigenvalue weighted by Gasteiger charge is 2.60. The highest BCUT2D eigenvalue weighted by atomic mass is 16.5. The fourth-order valence-electron chi connectivity index (χ4n) is 7.49. The van der Waals surface area contributed by atoms with Crippen LogP contribution in [0.2, 0.25) is 0 Å². The monoisotopic (exact) mass is 633 g/mol. The van der Waals surface area contributed by atoms with E-state index in [-0.39, 0.29) is 13.0 Å². The first-order valence-corrected chi connectivity index (χ1v) is 16.5. The molecule has 9 nitrogen and oxygen atoms in total. The summed E-state index contributed by atoms with van der Waals surface area (Å²) in [7, 11) is 1.58. The molecule has 2 aromatic rings. The predicted molar refractivity (Wildman–Crippen MR) is 179 cm³/mol. The van der Waals surface area contributed by atoms with E-state index in [1.54, 1.807) is 26.2 Å². The number of carbonyl (C=O) groups excluding carboxylic acids is 3. The van der Waals surface area contributed by atoms with Gasteiger partial charge < -0.3 is 25.6 Å². The van der Waals surface area contributed by atoms with Crippen molar-refractivity contribution in [2.45, 2.75) is 109 Å². The lowest BCUT2D eigenvalue weighted by atomic mass is 9.60. The maximum absolute atomic E-state index is 14.5. The Bertz CT molecular complexity index is 1370. The van der Waals surface area contributed by atoms with E-state index in [0.29, 0.717) is 23.6 Å². The van der Waals surface area contributed by atoms with Crippen LogP contribution in [0.15, 0.2) is 72.3 Å². The first kappa shape index (κ1) is 35.2. The van der Waals surface area contributed by atoms with Crippen molar-refractivity contribution in [3.8, 4) is 0 Å². The number of ether oxygens (including phenoxy) is 2. The van der Waals surface area contributed by atoms with Crippen LogP contribution in [-0.4, -0.2) is 53.4 Å². The molecule has 2 aliphatic carbocycles. The number of methoxy groups -OCH3 is 1. The molecule has 4 rings (SSSR count). The summed E-state index contributed by atoms with van der Waals surface area (Å²) < 4.78 is 11.5. The van der Waals surface area contributed by atoms with Crippen LogP contribution in [0.25, 0.3) is 0 Å². The van der Waals surface area contributed by atoms with Gasteiger partial charge in [0.2, 0.25) is 0 Å². The van der Waals surface area contributed by atoms with Crippen molar-refractivity contribution in [3.05, 3.63) is 77.9 Å². The number of carbonyl (C=O) groups is 3. The number of primary amides is 1. The number of ketones is 1. The van der Waals surface area contributed by atoms with Gasteiger partial charge in [0.25, 0.3) is 0 Å². The van der Waals surface area contributed by atoms with Gasteiger partial charge in [-0.2, -0.15) is 0 Å². The molecule has 4 atom stereocenters. The van der Waals surface area contributed by atoms with Crippen molar-refractivity contribution < 1.29 is 29.0 Å². The van der Waals surface area contributed by atoms with Gasteiger partial charge in [0.1, 0.15) is 12.2 Å². The van der Waals surface area contributed by atoms with Crippen LogP contribution >= 0.6 is 0 Å². The molecule has 250 valence electrons. The summed E-state index contributed by atoms with van der Waals surface area (Å²) in [6.07, 6.45) is 7.14. The number of para-hydroxylation sites is 1. The van der Waals surface area contributed by atoms with Crippen LogP contribution in [0.1, 0.15) is 84.6 Å². The number of aliphatic hydroxyl groups is 1. The van der Waals surface area contributed by atoms with Crippen molar-refractivity contribution in [2.24, 2.45) is 17.1 Å². The zero-order chi connectivity index (χ0) is 33.5. The number of hydrogen-bond donors (Lipinski definition) is 3. The van der Waals surface area contributed by atoms with Gasteiger partial charge in [0.15, 0.2) is 5.78 Å². The summed E-state index contributed by atoms with van der Waals surface area (Å²) in [5.74, 6) is -0.148. The summed E-state index contributed by atoms with van der Waals surface area (Å²) in [6, 6.07) is 16.5. The number of Topliss-reactive ketones (excluding diaryl/α,β-unsaturated/α-hetero) is 1. The predicted octanol–water partition coefficient (Wildman–Crippen LogP) is 6.68. The third-order valence-electron chi connectivity index (χ3n) is 9.66. The zero-order valence-electron chi connectivity index (χ0n) is 28.0. The number of hydrogen-bond acceptors (Lipinski definition) is 6. The van der Waals surface area contributed by atoms with Crippen molar-refractivity contribution in [3.63, 3.8) is 0 Å². The molecular weight excluding hydrogens is 582 g/mol. The number of alkyl carbamates (subject to hydrolysis) is 1. The largest absolute Gasteiger partial charge is 0.445 e. The topological polar surface area (TPSA) is 131 Å². The van der Waals surface area contributed by atoms with E-state index < -0.39 is 46.6 Å². The Morgan fingerprint density at radius 3 is 2.20 bits per heavy atom. The summed E-state index contributed by atoms with van der Waals surface area (Å²) in [4.78, 5) is 42.3. The molecule has 3 unspecified atom stereocenters. The van der Waals surface area contributed by atoms with Crippen molar-refractivity contribution >= 4 is 23.6 Å². The van der Waals surface area contributed by atoms with Gasteiger partial charge in [-0.05, 0) is 54.4 Å². The second kappa shape index (κ2) is 14.8. The number of nitrogens with two attached hydrogens (primary N) is 1. The Balaban J connectivity index is 1.75. The van der Waals surface area contributed by atoms with E-state index in [2.05, 4.69) is 5.32 Å². The Morgan fingerprint density at radius 2 is 1.63 bits per heavy atom. The fraction of sp³-hybridized carbons (Fsp3) is 0.541. The molecule has 9 heteroatoms. The van der Waals surface area contributed by atoms with Crippen molar-refractivity contribution in [1.82, 2.24) is 5.32 Å². The minimum absolute atomic E-state index is 0.0371. The highest BCUT2D eigenvalue weighted by Crippen LogP contribution is 2.51. The number of benzene rings is 2. The quantitative estimate of drug-likeness (QED) is 0.237. The average molecular weight is 634 g/mol. The molecule has 0 spiro atoms. The smallest absolute Gasteiger partial charge is 0.408 e. The van der Waals surface area contributed by atoms with Crippen LogP contribution in [0.3, 0.4) is 0 Å². The van der Waals surface area contributed by atoms with Crippen LogP contribution < -0.4 is 16.0 Å². The lowest BCUT2D eigenvalue weighted by Crippen LogP contribution is -2.69. The molecule has 0 saturated heterocycles. The third kappa shape index (κ3) is 7.81. The molecule has 0 aromatic heterocycles. The first-order valence-electron chi connectivity index (χ1n) is 16.5. The van der Waals surface area contributed by atoms with E-state index in [1.165, 1.54) is 11.3 Å². The zero-order valence-corrected chi connectivity index (χ0v) is 28.0. The molecular formula is C37H51N3O6. The molecule has 4 N–H and O–H groups in total. The van der Waals surface area contributed by atoms with Gasteiger partial charge in [-0.15, -0.1) is 0 Å². The van der Waals surface area contributed by atoms with Crippen LogP contribution in [0, 0.1) is 11.3 Å². The van der Waals surface area contributed by atoms with Gasteiger partial charge in [-0.1, -0.05) is 107 Å². The molecule has 0 bridgehead atoms. The summed E-state index contributed by atoms with van der Waals surface area (Å²) in [6.45, 7) is 7.35. The number of rotatable bonds is 11.